The third kappa shape index (κ3) is 3.57. The molecule has 0 fully saturated rings. The van der Waals surface area contributed by atoms with Crippen LogP contribution < -0.4 is 0 Å². The zero-order valence-corrected chi connectivity index (χ0v) is 12.5. The van der Waals surface area contributed by atoms with E-state index in [1.54, 1.807) is 0 Å². The molecule has 20 heavy (non-hydrogen) atoms. The van der Waals surface area contributed by atoms with Crippen LogP contribution in [0.2, 0.25) is 0 Å². The number of rotatable bonds is 4. The summed E-state index contributed by atoms with van der Waals surface area (Å²) >= 11 is 0. The minimum atomic E-state index is 0.117. The quantitative estimate of drug-likeness (QED) is 0.726. The molecule has 0 bridgehead atoms. The second kappa shape index (κ2) is 6.04. The highest BCUT2D eigenvalue weighted by atomic mass is 16.1. The summed E-state index contributed by atoms with van der Waals surface area (Å²) in [5.41, 5.74) is 3.54. The number of ketones is 1. The molecule has 0 aromatic heterocycles. The van der Waals surface area contributed by atoms with Crippen LogP contribution in [0.1, 0.15) is 48.7 Å². The van der Waals surface area contributed by atoms with Crippen LogP contribution in [-0.4, -0.2) is 5.78 Å². The SMILES string of the molecule is CC(C)(C)c1ccccc1CCC(=O)c1ccccc1. The fourth-order valence-electron chi connectivity index (χ4n) is 2.49. The van der Waals surface area contributed by atoms with Crippen LogP contribution in [0.15, 0.2) is 54.6 Å². The number of aryl methyl sites for hydroxylation is 1. The number of carbonyl (C=O) groups is 1. The Labute approximate surface area is 121 Å². The van der Waals surface area contributed by atoms with E-state index in [-0.39, 0.29) is 11.2 Å². The number of hydrogen-bond acceptors (Lipinski definition) is 1. The molecular formula is C19H22O. The van der Waals surface area contributed by atoms with Crippen molar-refractivity contribution in [1.82, 2.24) is 0 Å². The molecule has 0 amide bonds. The van der Waals surface area contributed by atoms with Crippen molar-refractivity contribution in [2.24, 2.45) is 0 Å². The fourth-order valence-corrected chi connectivity index (χ4v) is 2.49. The van der Waals surface area contributed by atoms with Gasteiger partial charge in [-0.15, -0.1) is 0 Å². The van der Waals surface area contributed by atoms with Gasteiger partial charge >= 0.3 is 0 Å². The van der Waals surface area contributed by atoms with Crippen LogP contribution in [0, 0.1) is 0 Å². The zero-order chi connectivity index (χ0) is 14.6. The van der Waals surface area contributed by atoms with E-state index in [4.69, 9.17) is 0 Å². The summed E-state index contributed by atoms with van der Waals surface area (Å²) < 4.78 is 0. The Balaban J connectivity index is 2.11. The molecule has 0 saturated carbocycles. The normalized spacial score (nSPS) is 11.3. The smallest absolute Gasteiger partial charge is 0.163 e. The molecule has 1 heteroatoms. The Bertz CT molecular complexity index is 576. The lowest BCUT2D eigenvalue weighted by atomic mass is 9.82. The second-order valence-corrected chi connectivity index (χ2v) is 6.20. The third-order valence-corrected chi connectivity index (χ3v) is 3.54. The van der Waals surface area contributed by atoms with Crippen LogP contribution in [0.3, 0.4) is 0 Å². The van der Waals surface area contributed by atoms with Crippen molar-refractivity contribution in [1.29, 1.82) is 0 Å². The van der Waals surface area contributed by atoms with Gasteiger partial charge in [-0.2, -0.15) is 0 Å². The summed E-state index contributed by atoms with van der Waals surface area (Å²) in [5, 5.41) is 0. The van der Waals surface area contributed by atoms with Gasteiger partial charge in [0.1, 0.15) is 0 Å². The molecule has 2 aromatic rings. The molecule has 0 unspecified atom stereocenters. The maximum atomic E-state index is 12.2. The zero-order valence-electron chi connectivity index (χ0n) is 12.5. The average Bonchev–Trinajstić information content (AvgIpc) is 2.45. The van der Waals surface area contributed by atoms with Crippen LogP contribution in [0.4, 0.5) is 0 Å². The van der Waals surface area contributed by atoms with Gasteiger partial charge in [-0.1, -0.05) is 75.4 Å². The molecule has 104 valence electrons. The highest BCUT2D eigenvalue weighted by Gasteiger charge is 2.17. The maximum Gasteiger partial charge on any atom is 0.163 e. The molecular weight excluding hydrogens is 244 g/mol. The summed E-state index contributed by atoms with van der Waals surface area (Å²) in [4.78, 5) is 12.2. The molecule has 0 aliphatic heterocycles. The van der Waals surface area contributed by atoms with Gasteiger partial charge in [-0.25, -0.2) is 0 Å². The van der Waals surface area contributed by atoms with E-state index in [2.05, 4.69) is 45.0 Å². The molecule has 0 spiro atoms. The number of benzene rings is 2. The molecule has 0 radical (unpaired) electrons. The van der Waals surface area contributed by atoms with Gasteiger partial charge in [0.25, 0.3) is 0 Å². The van der Waals surface area contributed by atoms with Crippen molar-refractivity contribution < 1.29 is 4.79 Å². The average molecular weight is 266 g/mol. The van der Waals surface area contributed by atoms with Crippen LogP contribution in [-0.2, 0) is 11.8 Å². The summed E-state index contributed by atoms with van der Waals surface area (Å²) in [6, 6.07) is 18.0. The minimum Gasteiger partial charge on any atom is -0.294 e. The molecule has 2 rings (SSSR count). The van der Waals surface area contributed by atoms with E-state index >= 15 is 0 Å². The first-order valence-corrected chi connectivity index (χ1v) is 7.15. The Hall–Kier alpha value is -1.89. The summed E-state index contributed by atoms with van der Waals surface area (Å²) in [6.45, 7) is 6.64. The van der Waals surface area contributed by atoms with Crippen molar-refractivity contribution in [3.8, 4) is 0 Å². The third-order valence-electron chi connectivity index (χ3n) is 3.54. The van der Waals surface area contributed by atoms with Crippen LogP contribution in [0.25, 0.3) is 0 Å². The standard InChI is InChI=1S/C19H22O/c1-19(2,3)17-12-8-7-9-15(17)13-14-18(20)16-10-5-4-6-11-16/h4-12H,13-14H2,1-3H3. The van der Waals surface area contributed by atoms with Crippen molar-refractivity contribution in [2.75, 3.05) is 0 Å². The molecule has 0 atom stereocenters. The van der Waals surface area contributed by atoms with Crippen molar-refractivity contribution in [3.05, 3.63) is 71.3 Å². The van der Waals surface area contributed by atoms with E-state index in [9.17, 15) is 4.79 Å². The Morgan fingerprint density at radius 1 is 0.900 bits per heavy atom. The highest BCUT2D eigenvalue weighted by Crippen LogP contribution is 2.26. The highest BCUT2D eigenvalue weighted by molar-refractivity contribution is 5.96. The topological polar surface area (TPSA) is 17.1 Å². The van der Waals surface area contributed by atoms with Crippen molar-refractivity contribution in [2.45, 2.75) is 39.0 Å². The Morgan fingerprint density at radius 3 is 2.15 bits per heavy atom. The van der Waals surface area contributed by atoms with Crippen LogP contribution in [0.5, 0.6) is 0 Å². The fraction of sp³-hybridized carbons (Fsp3) is 0.316. The first-order chi connectivity index (χ1) is 9.48. The van der Waals surface area contributed by atoms with E-state index in [0.29, 0.717) is 6.42 Å². The summed E-state index contributed by atoms with van der Waals surface area (Å²) in [5.74, 6) is 0.217. The molecule has 0 aliphatic rings. The molecule has 2 aromatic carbocycles. The van der Waals surface area contributed by atoms with E-state index in [1.807, 2.05) is 30.3 Å². The first kappa shape index (κ1) is 14.5. The molecule has 0 heterocycles. The molecule has 0 saturated heterocycles. The largest absolute Gasteiger partial charge is 0.294 e. The number of carbonyl (C=O) groups excluding carboxylic acids is 1. The minimum absolute atomic E-state index is 0.117. The second-order valence-electron chi connectivity index (χ2n) is 6.20. The Kier molecular flexibility index (Phi) is 4.39. The Morgan fingerprint density at radius 2 is 1.50 bits per heavy atom. The monoisotopic (exact) mass is 266 g/mol. The molecule has 0 N–H and O–H groups in total. The van der Waals surface area contributed by atoms with Gasteiger partial charge < -0.3 is 0 Å². The van der Waals surface area contributed by atoms with E-state index in [0.717, 1.165) is 12.0 Å². The van der Waals surface area contributed by atoms with Gasteiger partial charge in [0.15, 0.2) is 5.78 Å². The number of hydrogen-bond donors (Lipinski definition) is 0. The molecule has 0 aliphatic carbocycles. The summed E-state index contributed by atoms with van der Waals surface area (Å²) in [6.07, 6.45) is 1.37. The van der Waals surface area contributed by atoms with Crippen molar-refractivity contribution >= 4 is 5.78 Å². The van der Waals surface area contributed by atoms with Gasteiger partial charge in [-0.3, -0.25) is 4.79 Å². The van der Waals surface area contributed by atoms with Crippen molar-refractivity contribution in [3.63, 3.8) is 0 Å². The lowest BCUT2D eigenvalue weighted by Crippen LogP contribution is -2.14. The first-order valence-electron chi connectivity index (χ1n) is 7.15. The van der Waals surface area contributed by atoms with Gasteiger partial charge in [0, 0.05) is 12.0 Å². The predicted molar refractivity (Wildman–Crippen MR) is 84.2 cm³/mol. The predicted octanol–water partition coefficient (Wildman–Crippen LogP) is 4.80. The van der Waals surface area contributed by atoms with Gasteiger partial charge in [0.05, 0.1) is 0 Å². The molecule has 1 nitrogen and oxygen atoms in total. The number of Topliss-reactive ketones (excluding diaryl/α,β-unsaturated/α-hetero) is 1. The summed E-state index contributed by atoms with van der Waals surface area (Å²) in [7, 11) is 0. The lowest BCUT2D eigenvalue weighted by Gasteiger charge is -2.22. The lowest BCUT2D eigenvalue weighted by molar-refractivity contribution is 0.0982. The van der Waals surface area contributed by atoms with Crippen LogP contribution >= 0.6 is 0 Å². The van der Waals surface area contributed by atoms with E-state index < -0.39 is 0 Å². The maximum absolute atomic E-state index is 12.2. The van der Waals surface area contributed by atoms with Gasteiger partial charge in [-0.05, 0) is 23.0 Å². The van der Waals surface area contributed by atoms with E-state index in [1.165, 1.54) is 11.1 Å². The van der Waals surface area contributed by atoms with Gasteiger partial charge in [0.2, 0.25) is 0 Å².